The van der Waals surface area contributed by atoms with E-state index in [2.05, 4.69) is 141 Å². The smallest absolute Gasteiger partial charge is 0.126 e. The summed E-state index contributed by atoms with van der Waals surface area (Å²) in [7, 11) is 0. The molecule has 3 heterocycles. The van der Waals surface area contributed by atoms with Gasteiger partial charge in [-0.05, 0) is 63.6 Å². The van der Waals surface area contributed by atoms with Crippen LogP contribution in [0.5, 0.6) is 11.5 Å². The van der Waals surface area contributed by atoms with Crippen LogP contribution in [0.3, 0.4) is 0 Å². The van der Waals surface area contributed by atoms with E-state index in [4.69, 9.17) is 23.9 Å². The summed E-state index contributed by atoms with van der Waals surface area (Å²) in [6.07, 6.45) is 4.27. The van der Waals surface area contributed by atoms with Gasteiger partial charge in [-0.1, -0.05) is 125 Å². The molecule has 0 amide bonds. The van der Waals surface area contributed by atoms with Crippen LogP contribution in [0.15, 0.2) is 115 Å². The highest BCUT2D eigenvalue weighted by Crippen LogP contribution is 2.47. The average Bonchev–Trinajstić information content (AvgIpc) is 3.26. The van der Waals surface area contributed by atoms with Gasteiger partial charge >= 0.3 is 0 Å². The first kappa shape index (κ1) is 42.6. The van der Waals surface area contributed by atoms with Gasteiger partial charge in [0.05, 0.1) is 26.4 Å². The van der Waals surface area contributed by atoms with Gasteiger partial charge in [-0.3, -0.25) is 14.8 Å². The molecule has 0 N–H and O–H groups in total. The van der Waals surface area contributed by atoms with E-state index in [1.54, 1.807) is 0 Å². The highest BCUT2D eigenvalue weighted by atomic mass is 16.5. The zero-order valence-corrected chi connectivity index (χ0v) is 35.8. The molecule has 2 aliphatic rings. The van der Waals surface area contributed by atoms with Crippen molar-refractivity contribution in [3.8, 4) is 11.5 Å². The van der Waals surface area contributed by atoms with Crippen LogP contribution in [0.1, 0.15) is 84.2 Å². The van der Waals surface area contributed by atoms with Crippen molar-refractivity contribution in [2.24, 2.45) is 5.92 Å². The highest BCUT2D eigenvalue weighted by molar-refractivity contribution is 5.60. The molecule has 59 heavy (non-hydrogen) atoms. The maximum Gasteiger partial charge on any atom is 0.126 e. The molecule has 311 valence electrons. The van der Waals surface area contributed by atoms with Crippen LogP contribution in [0, 0.1) is 11.8 Å². The maximum absolute atomic E-state index is 7.10. The number of rotatable bonds is 19. The number of nitrogens with zero attached hydrogens (tertiary/aromatic N) is 3. The maximum atomic E-state index is 7.10. The van der Waals surface area contributed by atoms with Gasteiger partial charge in [0.1, 0.15) is 24.7 Å². The van der Waals surface area contributed by atoms with Crippen molar-refractivity contribution < 1.29 is 18.9 Å². The summed E-state index contributed by atoms with van der Waals surface area (Å²) in [5.41, 5.74) is 10.1. The average molecular weight is 795 g/mol. The second-order valence-corrected chi connectivity index (χ2v) is 16.6. The fourth-order valence-corrected chi connectivity index (χ4v) is 8.84. The van der Waals surface area contributed by atoms with Crippen molar-refractivity contribution in [2.75, 3.05) is 78.9 Å². The van der Waals surface area contributed by atoms with Gasteiger partial charge in [-0.15, -0.1) is 0 Å². The fraction of sp³-hybridized carbons (Fsp3) is 0.423. The van der Waals surface area contributed by atoms with Crippen molar-refractivity contribution in [1.29, 1.82) is 0 Å². The van der Waals surface area contributed by atoms with E-state index in [1.165, 1.54) is 44.9 Å². The van der Waals surface area contributed by atoms with Crippen molar-refractivity contribution in [3.05, 3.63) is 166 Å². The fourth-order valence-electron chi connectivity index (χ4n) is 8.84. The van der Waals surface area contributed by atoms with Crippen LogP contribution in [0.2, 0.25) is 0 Å². The van der Waals surface area contributed by atoms with E-state index in [9.17, 15) is 0 Å². The lowest BCUT2D eigenvalue weighted by Crippen LogP contribution is -2.38. The molecule has 1 radical (unpaired) electrons. The molecule has 0 spiro atoms. The van der Waals surface area contributed by atoms with Crippen LogP contribution in [-0.4, -0.2) is 93.7 Å². The SMILES string of the molecule is CC(C)[C](c1cc(Cc2ccccc2)c(OCCN2CCOCC2)c(C(C)C)c1Cc1cc(OCCN2CCOCC2)ccn1)C(Cc1ccccc1)c1ccccc1. The summed E-state index contributed by atoms with van der Waals surface area (Å²) < 4.78 is 24.7. The van der Waals surface area contributed by atoms with Crippen LogP contribution < -0.4 is 9.47 Å². The molecule has 1 atom stereocenters. The van der Waals surface area contributed by atoms with Crippen molar-refractivity contribution in [1.82, 2.24) is 14.8 Å². The number of benzene rings is 4. The minimum Gasteiger partial charge on any atom is -0.492 e. The van der Waals surface area contributed by atoms with E-state index in [-0.39, 0.29) is 17.8 Å². The number of pyridine rings is 1. The van der Waals surface area contributed by atoms with E-state index >= 15 is 0 Å². The summed E-state index contributed by atoms with van der Waals surface area (Å²) >= 11 is 0. The van der Waals surface area contributed by atoms with E-state index < -0.39 is 0 Å². The molecule has 7 heteroatoms. The van der Waals surface area contributed by atoms with E-state index in [1.807, 2.05) is 12.3 Å². The Balaban J connectivity index is 1.35. The van der Waals surface area contributed by atoms with Crippen LogP contribution in [-0.2, 0) is 28.7 Å². The first-order valence-electron chi connectivity index (χ1n) is 21.9. The zero-order chi connectivity index (χ0) is 40.8. The molecule has 2 saturated heterocycles. The molecule has 2 fully saturated rings. The predicted molar refractivity (Wildman–Crippen MR) is 239 cm³/mol. The Bertz CT molecular complexity index is 1990. The topological polar surface area (TPSA) is 56.3 Å². The van der Waals surface area contributed by atoms with E-state index in [0.717, 1.165) is 95.7 Å². The third-order valence-corrected chi connectivity index (χ3v) is 11.8. The molecular formula is C52H64N3O4. The van der Waals surface area contributed by atoms with Gasteiger partial charge in [-0.2, -0.15) is 0 Å². The molecule has 7 rings (SSSR count). The first-order chi connectivity index (χ1) is 28.9. The second kappa shape index (κ2) is 21.6. The first-order valence-corrected chi connectivity index (χ1v) is 21.9. The largest absolute Gasteiger partial charge is 0.492 e. The predicted octanol–water partition coefficient (Wildman–Crippen LogP) is 9.41. The van der Waals surface area contributed by atoms with Gasteiger partial charge in [-0.25, -0.2) is 0 Å². The second-order valence-electron chi connectivity index (χ2n) is 16.6. The lowest BCUT2D eigenvalue weighted by molar-refractivity contribution is 0.0321. The Morgan fingerprint density at radius 1 is 0.661 bits per heavy atom. The molecule has 1 unspecified atom stereocenters. The highest BCUT2D eigenvalue weighted by Gasteiger charge is 2.34. The third-order valence-electron chi connectivity index (χ3n) is 11.8. The molecule has 0 saturated carbocycles. The minimum absolute atomic E-state index is 0.165. The number of hydrogen-bond acceptors (Lipinski definition) is 7. The third kappa shape index (κ3) is 11.8. The number of hydrogen-bond donors (Lipinski definition) is 0. The summed E-state index contributed by atoms with van der Waals surface area (Å²) in [6, 6.07) is 39.6. The normalized spacial score (nSPS) is 15.8. The molecular weight excluding hydrogens is 731 g/mol. The van der Waals surface area contributed by atoms with Crippen LogP contribution in [0.25, 0.3) is 0 Å². The Labute approximate surface area is 353 Å². The van der Waals surface area contributed by atoms with Gasteiger partial charge in [0, 0.05) is 81.5 Å². The Morgan fingerprint density at radius 2 is 1.24 bits per heavy atom. The Morgan fingerprint density at radius 3 is 1.83 bits per heavy atom. The van der Waals surface area contributed by atoms with Crippen molar-refractivity contribution in [2.45, 2.75) is 58.8 Å². The van der Waals surface area contributed by atoms with Gasteiger partial charge in [0.25, 0.3) is 0 Å². The summed E-state index contributed by atoms with van der Waals surface area (Å²) in [5, 5.41) is 0. The molecule has 2 aliphatic heterocycles. The molecule has 1 aromatic heterocycles. The number of aromatic nitrogens is 1. The quantitative estimate of drug-likeness (QED) is 0.0826. The number of morpholine rings is 2. The Kier molecular flexibility index (Phi) is 15.6. The molecule has 0 aliphatic carbocycles. The van der Waals surface area contributed by atoms with Gasteiger partial charge in [0.2, 0.25) is 0 Å². The zero-order valence-electron chi connectivity index (χ0n) is 35.8. The lowest BCUT2D eigenvalue weighted by atomic mass is 9.69. The Hall–Kier alpha value is -4.53. The molecule has 5 aromatic rings. The standard InChI is InChI=1S/C52H64N3O4/c1-39(2)50(47(43-18-12-7-13-19-43)35-42-16-10-6-11-17-42)48-36-44(34-41-14-8-5-9-15-41)52(59-33-27-55-24-30-57-31-25-55)51(40(3)4)49(48)38-45-37-46(20-21-53-45)58-32-26-54-22-28-56-29-23-54/h5-21,36-37,39-40,47H,22-35,38H2,1-4H3. The van der Waals surface area contributed by atoms with E-state index in [0.29, 0.717) is 19.6 Å². The van der Waals surface area contributed by atoms with Crippen molar-refractivity contribution >= 4 is 0 Å². The summed E-state index contributed by atoms with van der Waals surface area (Å²) in [4.78, 5) is 9.88. The molecule has 4 aromatic carbocycles. The number of ether oxygens (including phenoxy) is 4. The monoisotopic (exact) mass is 794 g/mol. The minimum atomic E-state index is 0.165. The molecule has 7 nitrogen and oxygen atoms in total. The van der Waals surface area contributed by atoms with Crippen LogP contribution in [0.4, 0.5) is 0 Å². The summed E-state index contributed by atoms with van der Waals surface area (Å²) in [6.45, 7) is 19.3. The van der Waals surface area contributed by atoms with Crippen LogP contribution >= 0.6 is 0 Å². The molecule has 0 bridgehead atoms. The van der Waals surface area contributed by atoms with Gasteiger partial charge in [0.15, 0.2) is 0 Å². The van der Waals surface area contributed by atoms with Crippen molar-refractivity contribution in [3.63, 3.8) is 0 Å². The summed E-state index contributed by atoms with van der Waals surface area (Å²) in [5.74, 6) is 3.96. The van der Waals surface area contributed by atoms with Gasteiger partial charge < -0.3 is 18.9 Å². The lowest BCUT2D eigenvalue weighted by Gasteiger charge is -2.35.